The molecular weight excluding hydrogens is 700 g/mol. The third-order valence-electron chi connectivity index (χ3n) is 11.3. The second-order valence-electron chi connectivity index (χ2n) is 14.6. The number of imide groups is 4. The van der Waals surface area contributed by atoms with Gasteiger partial charge in [0.1, 0.15) is 0 Å². The summed E-state index contributed by atoms with van der Waals surface area (Å²) in [7, 11) is 0. The number of nitrogens with zero attached hydrogens (tertiary/aromatic N) is 4. The Morgan fingerprint density at radius 1 is 0.455 bits per heavy atom. The van der Waals surface area contributed by atoms with Gasteiger partial charge >= 0.3 is 0 Å². The van der Waals surface area contributed by atoms with Crippen LogP contribution in [0.4, 0.5) is 0 Å². The number of benzene rings is 4. The standard InChI is InChI=1S/C43H36N4O8/c1-5-7-9-11-13-23(4)45-38(50)26-16-20-30-35-31(21-17-27(33(26)35)39(45)51)43(55)47(42(30)54)46-40(52)28-18-14-24-32-25(15-19-29(34(28)32)41(46)53)37(49)44(36(24)48)22(3)12-10-8-6-2/h1,14-23H,6-13H2,2-4H3. The van der Waals surface area contributed by atoms with Crippen LogP contribution in [0.25, 0.3) is 21.5 Å². The molecule has 0 fully saturated rings. The van der Waals surface area contributed by atoms with Crippen molar-refractivity contribution in [1.82, 2.24) is 19.8 Å². The Morgan fingerprint density at radius 2 is 0.727 bits per heavy atom. The van der Waals surface area contributed by atoms with E-state index >= 15 is 0 Å². The Morgan fingerprint density at radius 3 is 1.00 bits per heavy atom. The van der Waals surface area contributed by atoms with Crippen molar-refractivity contribution < 1.29 is 38.4 Å². The van der Waals surface area contributed by atoms with Crippen LogP contribution in [0.5, 0.6) is 0 Å². The molecular formula is C43H36N4O8. The molecule has 276 valence electrons. The van der Waals surface area contributed by atoms with Crippen molar-refractivity contribution in [3.63, 3.8) is 0 Å². The first-order valence-electron chi connectivity index (χ1n) is 18.6. The largest absolute Gasteiger partial charge is 0.281 e. The average Bonchev–Trinajstić information content (AvgIpc) is 3.17. The maximum Gasteiger partial charge on any atom is 0.281 e. The molecule has 0 saturated heterocycles. The molecule has 2 unspecified atom stereocenters. The highest BCUT2D eigenvalue weighted by Gasteiger charge is 2.48. The van der Waals surface area contributed by atoms with Gasteiger partial charge in [-0.15, -0.1) is 12.3 Å². The van der Waals surface area contributed by atoms with Crippen molar-refractivity contribution >= 4 is 68.8 Å². The molecule has 55 heavy (non-hydrogen) atoms. The molecule has 4 aliphatic heterocycles. The number of unbranched alkanes of at least 4 members (excludes halogenated alkanes) is 4. The maximum atomic E-state index is 14.3. The summed E-state index contributed by atoms with van der Waals surface area (Å²) in [5, 5.41) is 1.50. The van der Waals surface area contributed by atoms with Crippen molar-refractivity contribution in [2.45, 2.75) is 84.2 Å². The Kier molecular flexibility index (Phi) is 8.48. The number of hydrogen-bond acceptors (Lipinski definition) is 8. The monoisotopic (exact) mass is 736 g/mol. The lowest BCUT2D eigenvalue weighted by atomic mass is 9.85. The highest BCUT2D eigenvalue weighted by molar-refractivity contribution is 6.37. The van der Waals surface area contributed by atoms with Crippen LogP contribution in [-0.2, 0) is 0 Å². The zero-order valence-electron chi connectivity index (χ0n) is 30.6. The van der Waals surface area contributed by atoms with Crippen molar-refractivity contribution in [2.75, 3.05) is 0 Å². The molecule has 12 nitrogen and oxygen atoms in total. The van der Waals surface area contributed by atoms with Crippen LogP contribution in [-0.4, -0.2) is 79.2 Å². The van der Waals surface area contributed by atoms with Gasteiger partial charge in [0, 0.05) is 62.3 Å². The van der Waals surface area contributed by atoms with E-state index in [1.54, 1.807) is 6.92 Å². The minimum atomic E-state index is -1.00. The van der Waals surface area contributed by atoms with Crippen LogP contribution in [0.1, 0.15) is 155 Å². The molecule has 0 bridgehead atoms. The zero-order chi connectivity index (χ0) is 39.0. The fourth-order valence-electron chi connectivity index (χ4n) is 8.54. The summed E-state index contributed by atoms with van der Waals surface area (Å²) >= 11 is 0. The molecule has 0 saturated carbocycles. The van der Waals surface area contributed by atoms with Crippen LogP contribution in [0.3, 0.4) is 0 Å². The van der Waals surface area contributed by atoms with Gasteiger partial charge in [0.25, 0.3) is 47.3 Å². The topological polar surface area (TPSA) is 150 Å². The lowest BCUT2D eigenvalue weighted by Crippen LogP contribution is -2.58. The maximum absolute atomic E-state index is 14.3. The van der Waals surface area contributed by atoms with Gasteiger partial charge < -0.3 is 0 Å². The second-order valence-corrected chi connectivity index (χ2v) is 14.6. The van der Waals surface area contributed by atoms with Crippen LogP contribution < -0.4 is 0 Å². The number of carbonyl (C=O) groups is 8. The van der Waals surface area contributed by atoms with Crippen LogP contribution in [0.15, 0.2) is 48.5 Å². The van der Waals surface area contributed by atoms with E-state index in [2.05, 4.69) is 12.8 Å². The minimum Gasteiger partial charge on any atom is -0.272 e. The first kappa shape index (κ1) is 35.5. The molecule has 12 heteroatoms. The van der Waals surface area contributed by atoms with Crippen molar-refractivity contribution in [2.24, 2.45) is 0 Å². The lowest BCUT2D eigenvalue weighted by Gasteiger charge is -2.39. The molecule has 0 radical (unpaired) electrons. The minimum absolute atomic E-state index is 0.0680. The van der Waals surface area contributed by atoms with Gasteiger partial charge in [-0.2, -0.15) is 10.0 Å². The van der Waals surface area contributed by atoms with Crippen LogP contribution in [0.2, 0.25) is 0 Å². The summed E-state index contributed by atoms with van der Waals surface area (Å²) in [4.78, 5) is 115. The average molecular weight is 737 g/mol. The smallest absolute Gasteiger partial charge is 0.272 e. The van der Waals surface area contributed by atoms with E-state index in [-0.39, 0.29) is 72.1 Å². The molecule has 2 atom stereocenters. The summed E-state index contributed by atoms with van der Waals surface area (Å²) < 4.78 is 0. The molecule has 0 aliphatic carbocycles. The molecule has 4 aliphatic rings. The highest BCUT2D eigenvalue weighted by Crippen LogP contribution is 2.42. The lowest BCUT2D eigenvalue weighted by molar-refractivity contribution is 0.00211. The van der Waals surface area contributed by atoms with Crippen molar-refractivity contribution in [1.29, 1.82) is 0 Å². The molecule has 4 aromatic rings. The Balaban J connectivity index is 1.15. The Hall–Kier alpha value is -6.48. The third kappa shape index (κ3) is 4.99. The predicted molar refractivity (Wildman–Crippen MR) is 200 cm³/mol. The van der Waals surface area contributed by atoms with E-state index in [1.807, 2.05) is 6.92 Å². The number of rotatable bonds is 11. The molecule has 8 amide bonds. The summed E-state index contributed by atoms with van der Waals surface area (Å²) in [6.45, 7) is 5.67. The SMILES string of the molecule is C#CCCCCC(C)N1C(=O)c2ccc3c4c(ccc(c24)C1=O)C(=O)N(N1C(=O)c2ccc4c5c(ccc(c25)C1=O)C(=O)N(C(C)CCCCC)C4=O)C3=O. The number of terminal acetylenes is 1. The molecule has 0 aromatic heterocycles. The molecule has 8 rings (SSSR count). The van der Waals surface area contributed by atoms with Gasteiger partial charge in [0.15, 0.2) is 0 Å². The van der Waals surface area contributed by atoms with E-state index in [0.717, 1.165) is 25.7 Å². The first-order chi connectivity index (χ1) is 26.4. The summed E-state index contributed by atoms with van der Waals surface area (Å²) in [6, 6.07) is 10.4. The van der Waals surface area contributed by atoms with E-state index in [1.165, 1.54) is 58.3 Å². The van der Waals surface area contributed by atoms with Crippen LogP contribution in [0, 0.1) is 12.3 Å². The Bertz CT molecular complexity index is 2410. The molecule has 4 heterocycles. The van der Waals surface area contributed by atoms with Crippen molar-refractivity contribution in [3.8, 4) is 12.3 Å². The van der Waals surface area contributed by atoms with Gasteiger partial charge in [0.2, 0.25) is 0 Å². The fourth-order valence-corrected chi connectivity index (χ4v) is 8.54. The quantitative estimate of drug-likeness (QED) is 0.0957. The van der Waals surface area contributed by atoms with Gasteiger partial charge in [-0.05, 0) is 81.6 Å². The van der Waals surface area contributed by atoms with E-state index in [9.17, 15) is 38.4 Å². The van der Waals surface area contributed by atoms with E-state index in [0.29, 0.717) is 35.7 Å². The number of carbonyl (C=O) groups excluding carboxylic acids is 8. The molecule has 4 aromatic carbocycles. The Labute approximate surface area is 316 Å². The molecule has 0 spiro atoms. The fraction of sp³-hybridized carbons (Fsp3) is 0.302. The third-order valence-corrected chi connectivity index (χ3v) is 11.3. The number of hydrazine groups is 1. The van der Waals surface area contributed by atoms with Gasteiger partial charge in [-0.25, -0.2) is 0 Å². The second kappa shape index (κ2) is 13.1. The number of hydrogen-bond donors (Lipinski definition) is 0. The predicted octanol–water partition coefficient (Wildman–Crippen LogP) is 6.54. The van der Waals surface area contributed by atoms with Gasteiger partial charge in [-0.3, -0.25) is 48.2 Å². The van der Waals surface area contributed by atoms with E-state index in [4.69, 9.17) is 6.42 Å². The van der Waals surface area contributed by atoms with Gasteiger partial charge in [-0.1, -0.05) is 32.6 Å². The van der Waals surface area contributed by atoms with Crippen molar-refractivity contribution in [3.05, 3.63) is 93.0 Å². The van der Waals surface area contributed by atoms with Crippen LogP contribution >= 0.6 is 0 Å². The van der Waals surface area contributed by atoms with E-state index < -0.39 is 53.3 Å². The summed E-state index contributed by atoms with van der Waals surface area (Å²) in [5.41, 5.74) is 0.356. The number of amides is 8. The summed E-state index contributed by atoms with van der Waals surface area (Å²) in [6.07, 6.45) is 11.3. The normalized spacial score (nSPS) is 17.2. The zero-order valence-corrected chi connectivity index (χ0v) is 30.6. The van der Waals surface area contributed by atoms with Gasteiger partial charge in [0.05, 0.1) is 22.3 Å². The summed E-state index contributed by atoms with van der Waals surface area (Å²) in [5.74, 6) is -3.58. The first-order valence-corrected chi connectivity index (χ1v) is 18.6. The molecule has 0 N–H and O–H groups in total. The highest BCUT2D eigenvalue weighted by atomic mass is 16.2.